The van der Waals surface area contributed by atoms with Crippen molar-refractivity contribution in [3.05, 3.63) is 35.3 Å². The minimum absolute atomic E-state index is 0.00735. The predicted molar refractivity (Wildman–Crippen MR) is 93.4 cm³/mol. The van der Waals surface area contributed by atoms with Crippen LogP contribution in [0, 0.1) is 0 Å². The second-order valence-corrected chi connectivity index (χ2v) is 6.66. The summed E-state index contributed by atoms with van der Waals surface area (Å²) in [6.45, 7) is 2.40. The summed E-state index contributed by atoms with van der Waals surface area (Å²) in [6, 6.07) is 7.29. The van der Waals surface area contributed by atoms with Gasteiger partial charge in [-0.25, -0.2) is 9.78 Å². The van der Waals surface area contributed by atoms with Gasteiger partial charge in [-0.3, -0.25) is 9.69 Å². The molecule has 1 fully saturated rings. The van der Waals surface area contributed by atoms with E-state index in [2.05, 4.69) is 15.2 Å². The summed E-state index contributed by atoms with van der Waals surface area (Å²) in [5.74, 6) is -1.04. The van der Waals surface area contributed by atoms with Gasteiger partial charge in [0, 0.05) is 16.6 Å². The van der Waals surface area contributed by atoms with Crippen molar-refractivity contribution >= 4 is 28.9 Å². The van der Waals surface area contributed by atoms with Crippen LogP contribution >= 0.6 is 11.3 Å². The van der Waals surface area contributed by atoms with E-state index in [0.717, 1.165) is 37.2 Å². The van der Waals surface area contributed by atoms with E-state index in [1.165, 1.54) is 23.1 Å². The zero-order valence-electron chi connectivity index (χ0n) is 13.2. The number of carboxylic acid groups (broad SMARTS) is 1. The number of anilines is 1. The van der Waals surface area contributed by atoms with Gasteiger partial charge in [-0.1, -0.05) is 6.42 Å². The van der Waals surface area contributed by atoms with Gasteiger partial charge < -0.3 is 10.4 Å². The third-order valence-electron chi connectivity index (χ3n) is 3.95. The predicted octanol–water partition coefficient (Wildman–Crippen LogP) is 2.93. The molecule has 3 rings (SSSR count). The molecule has 0 radical (unpaired) electrons. The molecule has 6 nitrogen and oxygen atoms in total. The fourth-order valence-electron chi connectivity index (χ4n) is 2.72. The lowest BCUT2D eigenvalue weighted by Gasteiger charge is -2.25. The molecule has 2 aromatic rings. The number of hydrogen-bond acceptors (Lipinski definition) is 5. The summed E-state index contributed by atoms with van der Waals surface area (Å²) in [5.41, 5.74) is 1.62. The number of carbonyl (C=O) groups is 2. The third kappa shape index (κ3) is 4.18. The summed E-state index contributed by atoms with van der Waals surface area (Å²) in [7, 11) is 0. The van der Waals surface area contributed by atoms with E-state index in [0.29, 0.717) is 11.6 Å². The Labute approximate surface area is 144 Å². The summed E-state index contributed by atoms with van der Waals surface area (Å²) >= 11 is 1.29. The zero-order chi connectivity index (χ0) is 16.9. The molecule has 2 N–H and O–H groups in total. The van der Waals surface area contributed by atoms with Crippen molar-refractivity contribution in [1.29, 1.82) is 0 Å². The Kier molecular flexibility index (Phi) is 5.22. The molecule has 1 aromatic carbocycles. The smallest absolute Gasteiger partial charge is 0.355 e. The van der Waals surface area contributed by atoms with Crippen molar-refractivity contribution in [3.8, 4) is 10.6 Å². The quantitative estimate of drug-likeness (QED) is 0.871. The Bertz CT molecular complexity index is 721. The fraction of sp³-hybridized carbons (Fsp3) is 0.353. The van der Waals surface area contributed by atoms with Crippen LogP contribution in [-0.2, 0) is 4.79 Å². The van der Waals surface area contributed by atoms with Gasteiger partial charge in [0.25, 0.3) is 0 Å². The maximum atomic E-state index is 12.1. The number of carbonyl (C=O) groups excluding carboxylic acids is 1. The average Bonchev–Trinajstić information content (AvgIpc) is 3.07. The molecule has 126 valence electrons. The van der Waals surface area contributed by atoms with Gasteiger partial charge in [0.15, 0.2) is 5.69 Å². The molecule has 0 spiro atoms. The van der Waals surface area contributed by atoms with E-state index in [4.69, 9.17) is 5.11 Å². The van der Waals surface area contributed by atoms with E-state index in [1.54, 1.807) is 0 Å². The van der Waals surface area contributed by atoms with Crippen LogP contribution in [0.25, 0.3) is 10.6 Å². The van der Waals surface area contributed by atoms with E-state index in [-0.39, 0.29) is 11.6 Å². The number of benzene rings is 1. The van der Waals surface area contributed by atoms with Gasteiger partial charge in [-0.15, -0.1) is 11.3 Å². The summed E-state index contributed by atoms with van der Waals surface area (Å²) in [5, 5.41) is 14.0. The highest BCUT2D eigenvalue weighted by molar-refractivity contribution is 7.13. The van der Waals surface area contributed by atoms with Gasteiger partial charge in [0.2, 0.25) is 5.91 Å². The van der Waals surface area contributed by atoms with Crippen molar-refractivity contribution in [1.82, 2.24) is 9.88 Å². The zero-order valence-corrected chi connectivity index (χ0v) is 14.0. The number of hydrogen-bond donors (Lipinski definition) is 2. The number of thiazole rings is 1. The summed E-state index contributed by atoms with van der Waals surface area (Å²) < 4.78 is 0. The molecule has 0 bridgehead atoms. The second kappa shape index (κ2) is 7.55. The Balaban J connectivity index is 1.59. The number of nitrogens with zero attached hydrogens (tertiary/aromatic N) is 2. The second-order valence-electron chi connectivity index (χ2n) is 5.81. The molecule has 1 aromatic heterocycles. The molecule has 1 amide bonds. The minimum Gasteiger partial charge on any atom is -0.476 e. The normalized spacial score (nSPS) is 15.2. The topological polar surface area (TPSA) is 82.5 Å². The molecule has 0 saturated carbocycles. The van der Waals surface area contributed by atoms with Crippen LogP contribution in [0.1, 0.15) is 29.8 Å². The monoisotopic (exact) mass is 345 g/mol. The largest absolute Gasteiger partial charge is 0.476 e. The standard InChI is InChI=1S/C17H19N3O3S/c21-15(10-20-8-2-1-3-9-20)18-13-6-4-12(5-7-13)16-19-14(11-24-16)17(22)23/h4-7,11H,1-3,8-10H2,(H,18,21)(H,22,23). The molecule has 1 saturated heterocycles. The molecule has 7 heteroatoms. The first kappa shape index (κ1) is 16.6. The molecule has 24 heavy (non-hydrogen) atoms. The molecule has 0 unspecified atom stereocenters. The molecule has 1 aliphatic rings. The number of aromatic carboxylic acids is 1. The average molecular weight is 345 g/mol. The van der Waals surface area contributed by atoms with Gasteiger partial charge >= 0.3 is 5.97 Å². The summed E-state index contributed by atoms with van der Waals surface area (Å²) in [4.78, 5) is 29.2. The van der Waals surface area contributed by atoms with E-state index < -0.39 is 5.97 Å². The van der Waals surface area contributed by atoms with Gasteiger partial charge in [-0.2, -0.15) is 0 Å². The number of rotatable bonds is 5. The Morgan fingerprint density at radius 2 is 1.88 bits per heavy atom. The lowest BCUT2D eigenvalue weighted by molar-refractivity contribution is -0.117. The highest BCUT2D eigenvalue weighted by Gasteiger charge is 2.14. The SMILES string of the molecule is O=C(CN1CCCCC1)Nc1ccc(-c2nc(C(=O)O)cs2)cc1. The van der Waals surface area contributed by atoms with Gasteiger partial charge in [0.1, 0.15) is 5.01 Å². The molecule has 0 atom stereocenters. The number of piperidine rings is 1. The maximum absolute atomic E-state index is 12.1. The third-order valence-corrected chi connectivity index (χ3v) is 4.85. The number of nitrogens with one attached hydrogen (secondary N) is 1. The van der Waals surface area contributed by atoms with E-state index in [9.17, 15) is 9.59 Å². The Hall–Kier alpha value is -2.25. The minimum atomic E-state index is -1.03. The van der Waals surface area contributed by atoms with Crippen LogP contribution in [0.5, 0.6) is 0 Å². The van der Waals surface area contributed by atoms with Crippen LogP contribution in [0.3, 0.4) is 0 Å². The Morgan fingerprint density at radius 3 is 2.50 bits per heavy atom. The number of likely N-dealkylation sites (tertiary alicyclic amines) is 1. The molecular formula is C17H19N3O3S. The lowest BCUT2D eigenvalue weighted by Crippen LogP contribution is -2.36. The van der Waals surface area contributed by atoms with Crippen molar-refractivity contribution in [2.45, 2.75) is 19.3 Å². The molecule has 1 aliphatic heterocycles. The van der Waals surface area contributed by atoms with Crippen LogP contribution < -0.4 is 5.32 Å². The molecule has 2 heterocycles. The number of aromatic nitrogens is 1. The first-order valence-corrected chi connectivity index (χ1v) is 8.81. The number of amides is 1. The fourth-order valence-corrected chi connectivity index (χ4v) is 3.52. The van der Waals surface area contributed by atoms with Crippen LogP contribution in [0.4, 0.5) is 5.69 Å². The lowest BCUT2D eigenvalue weighted by atomic mass is 10.1. The molecule has 0 aliphatic carbocycles. The van der Waals surface area contributed by atoms with Crippen molar-refractivity contribution in [2.24, 2.45) is 0 Å². The van der Waals surface area contributed by atoms with Crippen LogP contribution in [-0.4, -0.2) is 46.5 Å². The van der Waals surface area contributed by atoms with Crippen LogP contribution in [0.2, 0.25) is 0 Å². The van der Waals surface area contributed by atoms with Crippen molar-refractivity contribution in [3.63, 3.8) is 0 Å². The first-order valence-electron chi connectivity index (χ1n) is 7.93. The number of carboxylic acids is 1. The Morgan fingerprint density at radius 1 is 1.17 bits per heavy atom. The first-order chi connectivity index (χ1) is 11.6. The van der Waals surface area contributed by atoms with Gasteiger partial charge in [-0.05, 0) is 50.2 Å². The van der Waals surface area contributed by atoms with Crippen molar-refractivity contribution < 1.29 is 14.7 Å². The van der Waals surface area contributed by atoms with E-state index >= 15 is 0 Å². The van der Waals surface area contributed by atoms with E-state index in [1.807, 2.05) is 24.3 Å². The highest BCUT2D eigenvalue weighted by Crippen LogP contribution is 2.25. The highest BCUT2D eigenvalue weighted by atomic mass is 32.1. The van der Waals surface area contributed by atoms with Crippen LogP contribution in [0.15, 0.2) is 29.6 Å². The maximum Gasteiger partial charge on any atom is 0.355 e. The van der Waals surface area contributed by atoms with Crippen molar-refractivity contribution in [2.75, 3.05) is 25.0 Å². The molecular weight excluding hydrogens is 326 g/mol. The van der Waals surface area contributed by atoms with Gasteiger partial charge in [0.05, 0.1) is 6.54 Å². The summed E-state index contributed by atoms with van der Waals surface area (Å²) in [6.07, 6.45) is 3.57.